The Bertz CT molecular complexity index is 798. The number of hydrogen-bond donors (Lipinski definition) is 3. The van der Waals surface area contributed by atoms with E-state index in [4.69, 9.17) is 5.11 Å². The Balaban J connectivity index is 2.10. The predicted octanol–water partition coefficient (Wildman–Crippen LogP) is 0.345. The molecule has 0 spiro atoms. The molecule has 0 aliphatic carbocycles. The van der Waals surface area contributed by atoms with Gasteiger partial charge in [-0.05, 0) is 30.2 Å². The maximum absolute atomic E-state index is 12.1. The second-order valence-electron chi connectivity index (χ2n) is 4.65. The molecule has 0 saturated carbocycles. The molecule has 0 fully saturated rings. The van der Waals surface area contributed by atoms with Crippen molar-refractivity contribution in [2.45, 2.75) is 11.3 Å². The smallest absolute Gasteiger partial charge is 0.339 e. The molecule has 0 saturated heterocycles. The summed E-state index contributed by atoms with van der Waals surface area (Å²) < 4.78 is 28.2. The van der Waals surface area contributed by atoms with Crippen molar-refractivity contribution in [1.29, 1.82) is 0 Å². The molecule has 0 radical (unpaired) electrons. The quantitative estimate of drug-likeness (QED) is 0.704. The zero-order valence-corrected chi connectivity index (χ0v) is 12.5. The van der Waals surface area contributed by atoms with E-state index in [2.05, 4.69) is 9.82 Å². The maximum Gasteiger partial charge on any atom is 0.339 e. The average molecular weight is 325 g/mol. The number of nitrogens with one attached hydrogen (secondary N) is 1. The van der Waals surface area contributed by atoms with Crippen molar-refractivity contribution in [2.24, 2.45) is 7.05 Å². The number of nitrogens with zero attached hydrogens (tertiary/aromatic N) is 2. The molecule has 2 rings (SSSR count). The third-order valence-corrected chi connectivity index (χ3v) is 4.43. The first-order valence-corrected chi connectivity index (χ1v) is 7.81. The van der Waals surface area contributed by atoms with Crippen molar-refractivity contribution < 1.29 is 23.4 Å². The van der Waals surface area contributed by atoms with Gasteiger partial charge in [-0.15, -0.1) is 0 Å². The molecule has 8 nitrogen and oxygen atoms in total. The number of aromatic hydroxyl groups is 1. The Morgan fingerprint density at radius 2 is 2.14 bits per heavy atom. The number of aromatic carboxylic acids is 1. The van der Waals surface area contributed by atoms with Crippen LogP contribution >= 0.6 is 0 Å². The molecule has 9 heteroatoms. The number of phenols is 1. The molecule has 3 N–H and O–H groups in total. The molecule has 0 aliphatic heterocycles. The molecular formula is C13H15N3O5S. The Morgan fingerprint density at radius 3 is 2.73 bits per heavy atom. The van der Waals surface area contributed by atoms with Gasteiger partial charge in [0.05, 0.1) is 11.1 Å². The zero-order chi connectivity index (χ0) is 16.3. The van der Waals surface area contributed by atoms with Gasteiger partial charge in [0.25, 0.3) is 0 Å². The van der Waals surface area contributed by atoms with Crippen molar-refractivity contribution in [2.75, 3.05) is 6.54 Å². The van der Waals surface area contributed by atoms with Crippen LogP contribution < -0.4 is 4.72 Å². The van der Waals surface area contributed by atoms with E-state index in [1.165, 1.54) is 0 Å². The third kappa shape index (κ3) is 3.62. The average Bonchev–Trinajstić information content (AvgIpc) is 2.84. The molecule has 0 amide bonds. The van der Waals surface area contributed by atoms with Crippen LogP contribution in [0, 0.1) is 0 Å². The van der Waals surface area contributed by atoms with Crippen molar-refractivity contribution in [1.82, 2.24) is 14.5 Å². The van der Waals surface area contributed by atoms with E-state index in [1.807, 2.05) is 0 Å². The summed E-state index contributed by atoms with van der Waals surface area (Å²) in [5, 5.41) is 22.3. The highest BCUT2D eigenvalue weighted by Gasteiger charge is 2.18. The maximum atomic E-state index is 12.1. The van der Waals surface area contributed by atoms with Crippen LogP contribution in [-0.4, -0.2) is 40.9 Å². The molecule has 0 aliphatic rings. The highest BCUT2D eigenvalue weighted by molar-refractivity contribution is 7.89. The van der Waals surface area contributed by atoms with Gasteiger partial charge in [-0.25, -0.2) is 17.9 Å². The number of rotatable bonds is 6. The highest BCUT2D eigenvalue weighted by atomic mass is 32.2. The normalized spacial score (nSPS) is 11.5. The van der Waals surface area contributed by atoms with Crippen molar-refractivity contribution in [3.63, 3.8) is 0 Å². The van der Waals surface area contributed by atoms with E-state index in [0.29, 0.717) is 6.42 Å². The Morgan fingerprint density at radius 1 is 1.41 bits per heavy atom. The van der Waals surface area contributed by atoms with Crippen LogP contribution in [-0.2, 0) is 23.5 Å². The lowest BCUT2D eigenvalue weighted by molar-refractivity contribution is 0.0693. The van der Waals surface area contributed by atoms with E-state index in [9.17, 15) is 18.3 Å². The molecule has 0 bridgehead atoms. The van der Waals surface area contributed by atoms with E-state index >= 15 is 0 Å². The molecule has 2 aromatic rings. The van der Waals surface area contributed by atoms with Crippen LogP contribution in [0.4, 0.5) is 0 Å². The van der Waals surface area contributed by atoms with Crippen LogP contribution in [0.15, 0.2) is 35.5 Å². The van der Waals surface area contributed by atoms with Gasteiger partial charge in [-0.2, -0.15) is 5.10 Å². The van der Waals surface area contributed by atoms with Crippen LogP contribution in [0.3, 0.4) is 0 Å². The second-order valence-corrected chi connectivity index (χ2v) is 6.42. The monoisotopic (exact) mass is 325 g/mol. The highest BCUT2D eigenvalue weighted by Crippen LogP contribution is 2.21. The summed E-state index contributed by atoms with van der Waals surface area (Å²) in [6, 6.07) is 3.11. The van der Waals surface area contributed by atoms with Gasteiger partial charge in [0.15, 0.2) is 0 Å². The molecule has 118 valence electrons. The second kappa shape index (κ2) is 6.16. The van der Waals surface area contributed by atoms with Crippen molar-refractivity contribution in [3.8, 4) is 5.75 Å². The molecule has 22 heavy (non-hydrogen) atoms. The lowest BCUT2D eigenvalue weighted by Gasteiger charge is -2.07. The van der Waals surface area contributed by atoms with Crippen LogP contribution in [0.5, 0.6) is 5.75 Å². The number of carboxylic acids is 1. The first kappa shape index (κ1) is 16.0. The molecule has 0 atom stereocenters. The van der Waals surface area contributed by atoms with Crippen LogP contribution in [0.2, 0.25) is 0 Å². The number of carbonyl (C=O) groups is 1. The van der Waals surface area contributed by atoms with Crippen LogP contribution in [0.1, 0.15) is 15.9 Å². The van der Waals surface area contributed by atoms with Gasteiger partial charge in [-0.1, -0.05) is 0 Å². The summed E-state index contributed by atoms with van der Waals surface area (Å²) in [5.74, 6) is -1.88. The van der Waals surface area contributed by atoms with Crippen molar-refractivity contribution >= 4 is 16.0 Å². The minimum absolute atomic E-state index is 0.150. The first-order valence-electron chi connectivity index (χ1n) is 6.33. The fourth-order valence-electron chi connectivity index (χ4n) is 1.87. The number of aryl methyl sites for hydroxylation is 1. The SMILES string of the molecule is Cn1cc(CCNS(=O)(=O)c2ccc(O)c(C(=O)O)c2)cn1. The van der Waals surface area contributed by atoms with E-state index < -0.39 is 27.3 Å². The Kier molecular flexibility index (Phi) is 4.48. The predicted molar refractivity (Wildman–Crippen MR) is 77.2 cm³/mol. The standard InChI is InChI=1S/C13H15N3O5S/c1-16-8-9(7-14-16)4-5-15-22(20,21)10-2-3-12(17)11(6-10)13(18)19/h2-3,6-8,15,17H,4-5H2,1H3,(H,18,19). The van der Waals surface area contributed by atoms with E-state index in [-0.39, 0.29) is 11.4 Å². The largest absolute Gasteiger partial charge is 0.507 e. The minimum atomic E-state index is -3.85. The van der Waals surface area contributed by atoms with Crippen LogP contribution in [0.25, 0.3) is 0 Å². The topological polar surface area (TPSA) is 122 Å². The molecule has 0 unspecified atom stereocenters. The summed E-state index contributed by atoms with van der Waals surface area (Å²) >= 11 is 0. The number of aromatic nitrogens is 2. The molecular weight excluding hydrogens is 310 g/mol. The van der Waals surface area contributed by atoms with E-state index in [1.54, 1.807) is 24.1 Å². The summed E-state index contributed by atoms with van der Waals surface area (Å²) in [6.07, 6.45) is 3.87. The minimum Gasteiger partial charge on any atom is -0.507 e. The van der Waals surface area contributed by atoms with E-state index in [0.717, 1.165) is 23.8 Å². The zero-order valence-electron chi connectivity index (χ0n) is 11.7. The molecule has 1 heterocycles. The van der Waals surface area contributed by atoms with Crippen molar-refractivity contribution in [3.05, 3.63) is 41.7 Å². The lowest BCUT2D eigenvalue weighted by atomic mass is 10.2. The Labute approximate surface area is 127 Å². The van der Waals surface area contributed by atoms with Gasteiger partial charge in [0.2, 0.25) is 10.0 Å². The summed E-state index contributed by atoms with van der Waals surface area (Å²) in [5.41, 5.74) is 0.414. The van der Waals surface area contributed by atoms with Gasteiger partial charge in [0.1, 0.15) is 11.3 Å². The Hall–Kier alpha value is -2.39. The first-order chi connectivity index (χ1) is 10.3. The number of sulfonamides is 1. The number of benzene rings is 1. The van der Waals surface area contributed by atoms with Gasteiger partial charge < -0.3 is 10.2 Å². The molecule has 1 aromatic carbocycles. The summed E-state index contributed by atoms with van der Waals surface area (Å²) in [7, 11) is -2.09. The fourth-order valence-corrected chi connectivity index (χ4v) is 2.93. The summed E-state index contributed by atoms with van der Waals surface area (Å²) in [6.45, 7) is 0.150. The van der Waals surface area contributed by atoms with Gasteiger partial charge in [0, 0.05) is 19.8 Å². The molecule has 1 aromatic heterocycles. The number of carboxylic acid groups (broad SMARTS) is 1. The number of hydrogen-bond acceptors (Lipinski definition) is 5. The van der Waals surface area contributed by atoms with Gasteiger partial charge in [-0.3, -0.25) is 4.68 Å². The summed E-state index contributed by atoms with van der Waals surface area (Å²) in [4.78, 5) is 10.7. The third-order valence-electron chi connectivity index (χ3n) is 2.97. The fraction of sp³-hybridized carbons (Fsp3) is 0.231. The lowest BCUT2D eigenvalue weighted by Crippen LogP contribution is -2.26. The van der Waals surface area contributed by atoms with Gasteiger partial charge >= 0.3 is 5.97 Å².